The van der Waals surface area contributed by atoms with Gasteiger partial charge in [0.05, 0.1) is 0 Å². The van der Waals surface area contributed by atoms with Gasteiger partial charge in [-0.3, -0.25) is 0 Å². The van der Waals surface area contributed by atoms with Crippen molar-refractivity contribution in [3.05, 3.63) is 0 Å². The molecule has 0 heterocycles. The Kier molecular flexibility index (Phi) is 1.70. The molecule has 6 heavy (non-hydrogen) atoms. The van der Waals surface area contributed by atoms with E-state index < -0.39 is 23.2 Å². The minimum atomic E-state index is -1.05. The molecular formula is C4H7OZr. The summed E-state index contributed by atoms with van der Waals surface area (Å²) in [5.41, 5.74) is 0. The molecule has 1 aliphatic carbocycles. The van der Waals surface area contributed by atoms with Crippen molar-refractivity contribution in [1.82, 2.24) is 0 Å². The topological polar surface area (TPSA) is 17.1 Å². The zero-order chi connectivity index (χ0) is 4.41. The van der Waals surface area contributed by atoms with Crippen LogP contribution in [0.3, 0.4) is 0 Å². The van der Waals surface area contributed by atoms with Gasteiger partial charge >= 0.3 is 48.9 Å². The average Bonchev–Trinajstić information content (AvgIpc) is 1.31. The van der Waals surface area contributed by atoms with Crippen molar-refractivity contribution in [2.24, 2.45) is 0 Å². The summed E-state index contributed by atoms with van der Waals surface area (Å²) in [6.07, 6.45) is 3.89. The van der Waals surface area contributed by atoms with Crippen LogP contribution in [0, 0.1) is 0 Å². The van der Waals surface area contributed by atoms with Crippen molar-refractivity contribution in [2.45, 2.75) is 22.9 Å². The minimum absolute atomic E-state index is 0.730. The van der Waals surface area contributed by atoms with Gasteiger partial charge in [-0.1, -0.05) is 0 Å². The molecule has 1 saturated carbocycles. The van der Waals surface area contributed by atoms with Crippen molar-refractivity contribution < 1.29 is 26.1 Å². The van der Waals surface area contributed by atoms with Crippen LogP contribution in [0.25, 0.3) is 0 Å². The number of hydrogen-bond donors (Lipinski definition) is 0. The van der Waals surface area contributed by atoms with Gasteiger partial charge in [-0.05, 0) is 0 Å². The Morgan fingerprint density at radius 1 is 1.50 bits per heavy atom. The zero-order valence-corrected chi connectivity index (χ0v) is 6.06. The van der Waals surface area contributed by atoms with E-state index in [9.17, 15) is 2.81 Å². The molecule has 2 heteroatoms. The summed E-state index contributed by atoms with van der Waals surface area (Å²) in [5.74, 6) is 0. The summed E-state index contributed by atoms with van der Waals surface area (Å²) in [7, 11) is 0. The van der Waals surface area contributed by atoms with Crippen LogP contribution in [0.1, 0.15) is 19.3 Å². The van der Waals surface area contributed by atoms with Crippen LogP contribution < -0.4 is 0 Å². The average molecular weight is 162 g/mol. The molecule has 0 aromatic heterocycles. The molecule has 1 fully saturated rings. The fourth-order valence-electron chi connectivity index (χ4n) is 0.526. The van der Waals surface area contributed by atoms with Crippen LogP contribution in [-0.2, 0) is 26.1 Å². The molecule has 0 aromatic rings. The summed E-state index contributed by atoms with van der Waals surface area (Å²) in [4.78, 5) is 0. The molecule has 0 aliphatic heterocycles. The van der Waals surface area contributed by atoms with Crippen molar-refractivity contribution >= 4 is 0 Å². The van der Waals surface area contributed by atoms with E-state index in [4.69, 9.17) is 0 Å². The summed E-state index contributed by atoms with van der Waals surface area (Å²) in [6, 6.07) is 0. The summed E-state index contributed by atoms with van der Waals surface area (Å²) in [5, 5.41) is 0. The first-order valence-corrected chi connectivity index (χ1v) is 4.73. The summed E-state index contributed by atoms with van der Waals surface area (Å²) in [6.45, 7) is 0. The molecular weight excluding hydrogens is 155 g/mol. The van der Waals surface area contributed by atoms with E-state index in [1.165, 1.54) is 19.3 Å². The van der Waals surface area contributed by atoms with Gasteiger partial charge < -0.3 is 0 Å². The third-order valence-corrected chi connectivity index (χ3v) is 3.51. The van der Waals surface area contributed by atoms with Gasteiger partial charge in [-0.15, -0.1) is 0 Å². The molecule has 0 amide bonds. The van der Waals surface area contributed by atoms with E-state index in [2.05, 4.69) is 0 Å². The first-order chi connectivity index (χ1) is 2.93. The molecule has 0 saturated heterocycles. The fourth-order valence-corrected chi connectivity index (χ4v) is 2.11. The molecule has 0 spiro atoms. The molecule has 33 valence electrons. The number of hydrogen-bond acceptors (Lipinski definition) is 1. The Hall–Kier alpha value is 0.683. The van der Waals surface area contributed by atoms with Gasteiger partial charge in [-0.2, -0.15) is 0 Å². The van der Waals surface area contributed by atoms with Crippen LogP contribution in [-0.4, -0.2) is 0 Å². The van der Waals surface area contributed by atoms with Crippen molar-refractivity contribution in [2.75, 3.05) is 0 Å². The van der Waals surface area contributed by atoms with E-state index in [1.807, 2.05) is 0 Å². The first kappa shape index (κ1) is 4.83. The van der Waals surface area contributed by atoms with Gasteiger partial charge in [0.25, 0.3) is 0 Å². The Labute approximate surface area is 49.1 Å². The third-order valence-electron chi connectivity index (χ3n) is 1.27. The van der Waals surface area contributed by atoms with Crippen LogP contribution in [0.2, 0.25) is 3.63 Å². The predicted molar refractivity (Wildman–Crippen MR) is 18.3 cm³/mol. The SMILES string of the molecule is [O]=[Zr][CH]1CCC1. The normalized spacial score (nSPS) is 22.0. The summed E-state index contributed by atoms with van der Waals surface area (Å²) >= 11 is -1.05. The molecule has 0 bridgehead atoms. The second-order valence-corrected chi connectivity index (χ2v) is 4.33. The van der Waals surface area contributed by atoms with Gasteiger partial charge in [0.2, 0.25) is 0 Å². The molecule has 0 N–H and O–H groups in total. The van der Waals surface area contributed by atoms with Gasteiger partial charge in [0, 0.05) is 0 Å². The Balaban J connectivity index is 2.16. The Morgan fingerprint density at radius 2 is 2.17 bits per heavy atom. The maximum atomic E-state index is 10.1. The summed E-state index contributed by atoms with van der Waals surface area (Å²) < 4.78 is 10.8. The predicted octanol–water partition coefficient (Wildman–Crippen LogP) is 1.39. The molecule has 0 unspecified atom stereocenters. The van der Waals surface area contributed by atoms with E-state index in [0.29, 0.717) is 0 Å². The van der Waals surface area contributed by atoms with Gasteiger partial charge in [0.1, 0.15) is 0 Å². The van der Waals surface area contributed by atoms with E-state index in [0.717, 1.165) is 3.63 Å². The monoisotopic (exact) mass is 161 g/mol. The zero-order valence-electron chi connectivity index (χ0n) is 3.61. The standard InChI is InChI=1S/C4H7.O.Zr/c1-2-4-3-1;;/h1H,2-4H2;;. The van der Waals surface area contributed by atoms with Crippen LogP contribution in [0.5, 0.6) is 0 Å². The second kappa shape index (κ2) is 2.11. The quantitative estimate of drug-likeness (QED) is 0.569. The molecule has 0 aromatic carbocycles. The van der Waals surface area contributed by atoms with Crippen molar-refractivity contribution in [3.8, 4) is 0 Å². The van der Waals surface area contributed by atoms with Crippen LogP contribution >= 0.6 is 0 Å². The van der Waals surface area contributed by atoms with E-state index in [-0.39, 0.29) is 0 Å². The molecule has 0 radical (unpaired) electrons. The first-order valence-electron chi connectivity index (χ1n) is 2.31. The van der Waals surface area contributed by atoms with E-state index in [1.54, 1.807) is 0 Å². The number of rotatable bonds is 1. The molecule has 1 nitrogen and oxygen atoms in total. The Morgan fingerprint density at radius 3 is 2.17 bits per heavy atom. The second-order valence-electron chi connectivity index (χ2n) is 1.75. The fraction of sp³-hybridized carbons (Fsp3) is 1.00. The van der Waals surface area contributed by atoms with Gasteiger partial charge in [-0.25, -0.2) is 0 Å². The van der Waals surface area contributed by atoms with Gasteiger partial charge in [0.15, 0.2) is 0 Å². The Bertz CT molecular complexity index is 58.6. The maximum absolute atomic E-state index is 10.1. The third kappa shape index (κ3) is 0.843. The van der Waals surface area contributed by atoms with Crippen LogP contribution in [0.4, 0.5) is 0 Å². The van der Waals surface area contributed by atoms with Crippen molar-refractivity contribution in [3.63, 3.8) is 0 Å². The van der Waals surface area contributed by atoms with E-state index >= 15 is 0 Å². The van der Waals surface area contributed by atoms with Crippen LogP contribution in [0.15, 0.2) is 0 Å². The van der Waals surface area contributed by atoms with Crippen molar-refractivity contribution in [1.29, 1.82) is 0 Å². The molecule has 0 atom stereocenters. The molecule has 1 aliphatic rings. The molecule has 1 rings (SSSR count).